The molecule has 0 bridgehead atoms. The molecule has 3 amide bonds. The van der Waals surface area contributed by atoms with E-state index in [1.165, 1.54) is 5.56 Å². The Bertz CT molecular complexity index is 777. The molecule has 1 aliphatic heterocycles. The van der Waals surface area contributed by atoms with Gasteiger partial charge in [-0.3, -0.25) is 14.4 Å². The number of rotatable bonds is 8. The lowest BCUT2D eigenvalue weighted by molar-refractivity contribution is -0.140. The first-order chi connectivity index (χ1) is 14.5. The zero-order valence-electron chi connectivity index (χ0n) is 19.3. The van der Waals surface area contributed by atoms with Crippen LogP contribution in [0.1, 0.15) is 64.9 Å². The first-order valence-electron chi connectivity index (χ1n) is 11.1. The van der Waals surface area contributed by atoms with Crippen molar-refractivity contribution in [2.75, 3.05) is 20.1 Å². The van der Waals surface area contributed by atoms with Crippen molar-refractivity contribution in [3.63, 3.8) is 0 Å². The molecular weight excluding hydrogens is 414 g/mol. The molecule has 2 rings (SSSR count). The van der Waals surface area contributed by atoms with Gasteiger partial charge in [-0.15, -0.1) is 0 Å². The average molecular weight is 450 g/mol. The first-order valence-corrected chi connectivity index (χ1v) is 11.5. The zero-order valence-corrected chi connectivity index (χ0v) is 20.1. The molecule has 1 aliphatic rings. The fourth-order valence-corrected chi connectivity index (χ4v) is 4.47. The van der Waals surface area contributed by atoms with Crippen LogP contribution < -0.4 is 10.6 Å². The molecule has 0 spiro atoms. The Kier molecular flexibility index (Phi) is 8.92. The average Bonchev–Trinajstić information content (AvgIpc) is 2.71. The van der Waals surface area contributed by atoms with Gasteiger partial charge in [0.15, 0.2) is 0 Å². The summed E-state index contributed by atoms with van der Waals surface area (Å²) < 4.78 is 0. The van der Waals surface area contributed by atoms with Crippen LogP contribution >= 0.6 is 11.6 Å². The van der Waals surface area contributed by atoms with Gasteiger partial charge < -0.3 is 15.5 Å². The molecule has 7 heteroatoms. The van der Waals surface area contributed by atoms with E-state index in [4.69, 9.17) is 11.6 Å². The number of benzene rings is 1. The Morgan fingerprint density at radius 2 is 1.74 bits per heavy atom. The summed E-state index contributed by atoms with van der Waals surface area (Å²) in [4.78, 5) is 38.9. The fraction of sp³-hybridized carbons (Fsp3) is 0.625. The first kappa shape index (κ1) is 25.2. The van der Waals surface area contributed by atoms with Crippen molar-refractivity contribution in [2.45, 2.75) is 65.3 Å². The Morgan fingerprint density at radius 1 is 1.13 bits per heavy atom. The van der Waals surface area contributed by atoms with Crippen LogP contribution in [0.2, 0.25) is 5.02 Å². The molecule has 1 saturated heterocycles. The number of amides is 3. The summed E-state index contributed by atoms with van der Waals surface area (Å²) in [5.41, 5.74) is 1.15. The third-order valence-corrected chi connectivity index (χ3v) is 6.40. The highest BCUT2D eigenvalue weighted by Crippen LogP contribution is 2.42. The Labute approximate surface area is 191 Å². The van der Waals surface area contributed by atoms with Crippen LogP contribution in [-0.4, -0.2) is 48.8 Å². The van der Waals surface area contributed by atoms with Crippen LogP contribution in [0.4, 0.5) is 0 Å². The predicted molar refractivity (Wildman–Crippen MR) is 124 cm³/mol. The molecule has 1 fully saturated rings. The van der Waals surface area contributed by atoms with Gasteiger partial charge in [-0.05, 0) is 47.8 Å². The van der Waals surface area contributed by atoms with Crippen molar-refractivity contribution >= 4 is 29.3 Å². The van der Waals surface area contributed by atoms with Gasteiger partial charge in [0, 0.05) is 38.0 Å². The second kappa shape index (κ2) is 11.0. The smallest absolute Gasteiger partial charge is 0.245 e. The molecule has 0 aliphatic carbocycles. The van der Waals surface area contributed by atoms with Crippen LogP contribution in [0.15, 0.2) is 24.3 Å². The van der Waals surface area contributed by atoms with Gasteiger partial charge in [-0.25, -0.2) is 0 Å². The number of nitrogens with one attached hydrogen (secondary N) is 2. The van der Waals surface area contributed by atoms with Crippen LogP contribution in [-0.2, 0) is 14.4 Å². The number of carbonyl (C=O) groups is 3. The van der Waals surface area contributed by atoms with Gasteiger partial charge >= 0.3 is 0 Å². The number of carbonyl (C=O) groups excluding carboxylic acids is 3. The number of halogens is 1. The largest absolute Gasteiger partial charge is 0.359 e. The van der Waals surface area contributed by atoms with Gasteiger partial charge in [0.1, 0.15) is 6.04 Å². The van der Waals surface area contributed by atoms with Crippen LogP contribution in [0.3, 0.4) is 0 Å². The second-order valence-corrected chi connectivity index (χ2v) is 9.89. The molecule has 6 nitrogen and oxygen atoms in total. The van der Waals surface area contributed by atoms with Gasteiger partial charge in [0.2, 0.25) is 17.7 Å². The summed E-state index contributed by atoms with van der Waals surface area (Å²) in [6, 6.07) is 7.41. The lowest BCUT2D eigenvalue weighted by Gasteiger charge is -2.45. The van der Waals surface area contributed by atoms with Crippen molar-refractivity contribution in [3.8, 4) is 0 Å². The Morgan fingerprint density at radius 3 is 2.29 bits per heavy atom. The van der Waals surface area contributed by atoms with Crippen molar-refractivity contribution < 1.29 is 14.4 Å². The van der Waals surface area contributed by atoms with Crippen LogP contribution in [0, 0.1) is 11.3 Å². The predicted octanol–water partition coefficient (Wildman–Crippen LogP) is 3.74. The lowest BCUT2D eigenvalue weighted by Crippen LogP contribution is -2.55. The van der Waals surface area contributed by atoms with Crippen LogP contribution in [0.25, 0.3) is 0 Å². The minimum absolute atomic E-state index is 0.0208. The molecule has 0 saturated carbocycles. The molecule has 0 aromatic heterocycles. The maximum absolute atomic E-state index is 13.3. The van der Waals surface area contributed by atoms with E-state index in [1.54, 1.807) is 7.05 Å². The van der Waals surface area contributed by atoms with E-state index in [-0.39, 0.29) is 35.5 Å². The number of hydrogen-bond acceptors (Lipinski definition) is 3. The normalized spacial score (nSPS) is 19.1. The van der Waals surface area contributed by atoms with Gasteiger partial charge in [-0.2, -0.15) is 0 Å². The molecule has 31 heavy (non-hydrogen) atoms. The minimum Gasteiger partial charge on any atom is -0.359 e. The molecule has 0 radical (unpaired) electrons. The van der Waals surface area contributed by atoms with Crippen molar-refractivity contribution in [2.24, 2.45) is 11.3 Å². The van der Waals surface area contributed by atoms with E-state index in [9.17, 15) is 14.4 Å². The SMILES string of the molecule is CNC(=O)CCCC(=O)N[C@@H](C(=O)N1CCC(c2ccc(Cl)cc2)C(C)(C)C1)C(C)C. The molecule has 172 valence electrons. The minimum atomic E-state index is -0.560. The van der Waals surface area contributed by atoms with E-state index < -0.39 is 6.04 Å². The van der Waals surface area contributed by atoms with E-state index in [0.717, 1.165) is 11.4 Å². The Hall–Kier alpha value is -2.08. The van der Waals surface area contributed by atoms with Crippen molar-refractivity contribution in [3.05, 3.63) is 34.9 Å². The molecule has 2 atom stereocenters. The van der Waals surface area contributed by atoms with Gasteiger partial charge in [0.05, 0.1) is 0 Å². The number of nitrogens with zero attached hydrogens (tertiary/aromatic N) is 1. The number of hydrogen-bond donors (Lipinski definition) is 2. The molecule has 1 unspecified atom stereocenters. The fourth-order valence-electron chi connectivity index (χ4n) is 4.35. The van der Waals surface area contributed by atoms with E-state index in [0.29, 0.717) is 31.8 Å². The summed E-state index contributed by atoms with van der Waals surface area (Å²) in [7, 11) is 1.58. The highest BCUT2D eigenvalue weighted by Gasteiger charge is 2.40. The molecule has 1 aromatic rings. The van der Waals surface area contributed by atoms with Gasteiger partial charge in [-0.1, -0.05) is 51.4 Å². The molecule has 1 aromatic carbocycles. The summed E-state index contributed by atoms with van der Waals surface area (Å²) in [6.45, 7) is 9.55. The van der Waals surface area contributed by atoms with E-state index in [2.05, 4.69) is 36.6 Å². The number of likely N-dealkylation sites (tertiary alicyclic amines) is 1. The van der Waals surface area contributed by atoms with Gasteiger partial charge in [0.25, 0.3) is 0 Å². The Balaban J connectivity index is 2.00. The lowest BCUT2D eigenvalue weighted by atomic mass is 9.70. The van der Waals surface area contributed by atoms with Crippen molar-refractivity contribution in [1.82, 2.24) is 15.5 Å². The summed E-state index contributed by atoms with van der Waals surface area (Å²) in [5, 5.41) is 6.17. The van der Waals surface area contributed by atoms with Crippen LogP contribution in [0.5, 0.6) is 0 Å². The zero-order chi connectivity index (χ0) is 23.2. The summed E-state index contributed by atoms with van der Waals surface area (Å²) in [5.74, 6) is 0.0109. The highest BCUT2D eigenvalue weighted by molar-refractivity contribution is 6.30. The quantitative estimate of drug-likeness (QED) is 0.634. The number of piperidine rings is 1. The van der Waals surface area contributed by atoms with Crippen molar-refractivity contribution in [1.29, 1.82) is 0 Å². The summed E-state index contributed by atoms with van der Waals surface area (Å²) >= 11 is 6.04. The molecular formula is C24H36ClN3O3. The monoisotopic (exact) mass is 449 g/mol. The second-order valence-electron chi connectivity index (χ2n) is 9.46. The maximum Gasteiger partial charge on any atom is 0.245 e. The van der Waals surface area contributed by atoms with E-state index >= 15 is 0 Å². The topological polar surface area (TPSA) is 78.5 Å². The molecule has 1 heterocycles. The molecule has 2 N–H and O–H groups in total. The highest BCUT2D eigenvalue weighted by atomic mass is 35.5. The standard InChI is InChI=1S/C24H36ClN3O3/c1-16(2)22(27-21(30)8-6-7-20(29)26-5)23(31)28-14-13-19(24(3,4)15-28)17-9-11-18(25)12-10-17/h9-12,16,19,22H,6-8,13-15H2,1-5H3,(H,26,29)(H,27,30)/t19?,22-/m1/s1. The van der Waals surface area contributed by atoms with E-state index in [1.807, 2.05) is 30.9 Å². The summed E-state index contributed by atoms with van der Waals surface area (Å²) in [6.07, 6.45) is 1.86. The maximum atomic E-state index is 13.3. The third kappa shape index (κ3) is 6.96. The third-order valence-electron chi connectivity index (χ3n) is 6.15.